The number of hydrogen-bond acceptors (Lipinski definition) is 4. The highest BCUT2D eigenvalue weighted by atomic mass is 16.2. The molecule has 0 heterocycles. The zero-order valence-corrected chi connectivity index (χ0v) is 12.7. The molecule has 1 aliphatic carbocycles. The number of carbonyl (C=O) groups is 2. The van der Waals surface area contributed by atoms with Gasteiger partial charge in [-0.15, -0.1) is 0 Å². The molecule has 3 amide bonds. The fraction of sp³-hybridized carbons (Fsp3) is 0.857. The van der Waals surface area contributed by atoms with Gasteiger partial charge in [0.05, 0.1) is 6.54 Å². The summed E-state index contributed by atoms with van der Waals surface area (Å²) < 4.78 is 0. The Morgan fingerprint density at radius 1 is 1.30 bits per heavy atom. The van der Waals surface area contributed by atoms with Crippen LogP contribution >= 0.6 is 0 Å². The van der Waals surface area contributed by atoms with Gasteiger partial charge in [-0.05, 0) is 38.8 Å². The summed E-state index contributed by atoms with van der Waals surface area (Å²) in [6, 6.07) is -0.0672. The van der Waals surface area contributed by atoms with Gasteiger partial charge in [0, 0.05) is 12.6 Å². The lowest BCUT2D eigenvalue weighted by Crippen LogP contribution is -2.49. The van der Waals surface area contributed by atoms with E-state index < -0.39 is 6.03 Å². The van der Waals surface area contributed by atoms with E-state index in [-0.39, 0.29) is 12.5 Å². The molecule has 1 aliphatic rings. The van der Waals surface area contributed by atoms with Crippen LogP contribution in [-0.4, -0.2) is 49.6 Å². The second-order valence-corrected chi connectivity index (χ2v) is 5.57. The summed E-state index contributed by atoms with van der Waals surface area (Å²) >= 11 is 0. The molecule has 0 aromatic heterocycles. The molecule has 0 radical (unpaired) electrons. The SMILES string of the molecule is CCCNC(=O)NC(=O)CN(C)C1CCCCC1CN. The zero-order valence-electron chi connectivity index (χ0n) is 12.7. The molecule has 6 heteroatoms. The summed E-state index contributed by atoms with van der Waals surface area (Å²) in [5.74, 6) is 0.193. The van der Waals surface area contributed by atoms with Crippen LogP contribution in [0.4, 0.5) is 4.79 Å². The van der Waals surface area contributed by atoms with E-state index in [9.17, 15) is 9.59 Å². The van der Waals surface area contributed by atoms with Crippen molar-refractivity contribution in [2.24, 2.45) is 11.7 Å². The summed E-state index contributed by atoms with van der Waals surface area (Å²) in [4.78, 5) is 25.3. The number of hydrogen-bond donors (Lipinski definition) is 3. The Morgan fingerprint density at radius 3 is 2.65 bits per heavy atom. The largest absolute Gasteiger partial charge is 0.338 e. The van der Waals surface area contributed by atoms with Gasteiger partial charge in [-0.3, -0.25) is 15.0 Å². The highest BCUT2D eigenvalue weighted by molar-refractivity contribution is 5.95. The minimum absolute atomic E-state index is 0.237. The van der Waals surface area contributed by atoms with Crippen LogP contribution in [0, 0.1) is 5.92 Å². The maximum absolute atomic E-state index is 11.8. The Hall–Kier alpha value is -1.14. The fourth-order valence-electron chi connectivity index (χ4n) is 2.84. The van der Waals surface area contributed by atoms with Crippen LogP contribution in [0.15, 0.2) is 0 Å². The molecule has 6 nitrogen and oxygen atoms in total. The van der Waals surface area contributed by atoms with Crippen LogP contribution in [-0.2, 0) is 4.79 Å². The molecule has 2 atom stereocenters. The first-order valence-corrected chi connectivity index (χ1v) is 7.56. The minimum Gasteiger partial charge on any atom is -0.338 e. The Morgan fingerprint density at radius 2 is 2.00 bits per heavy atom. The molecule has 20 heavy (non-hydrogen) atoms. The maximum atomic E-state index is 11.8. The normalized spacial score (nSPS) is 22.6. The molecule has 116 valence electrons. The van der Waals surface area contributed by atoms with Crippen LogP contribution in [0.25, 0.3) is 0 Å². The molecule has 0 spiro atoms. The van der Waals surface area contributed by atoms with Gasteiger partial charge in [0.15, 0.2) is 0 Å². The van der Waals surface area contributed by atoms with Crippen LogP contribution in [0.3, 0.4) is 0 Å². The van der Waals surface area contributed by atoms with Crippen molar-refractivity contribution in [3.8, 4) is 0 Å². The van der Waals surface area contributed by atoms with E-state index in [1.54, 1.807) is 0 Å². The minimum atomic E-state index is -0.413. The number of amides is 3. The average molecular weight is 284 g/mol. The number of imide groups is 1. The number of urea groups is 1. The first-order valence-electron chi connectivity index (χ1n) is 7.56. The summed E-state index contributed by atoms with van der Waals surface area (Å²) in [6.07, 6.45) is 5.46. The van der Waals surface area contributed by atoms with Crippen molar-refractivity contribution in [3.63, 3.8) is 0 Å². The lowest BCUT2D eigenvalue weighted by molar-refractivity contribution is -0.121. The van der Waals surface area contributed by atoms with Crippen molar-refractivity contribution in [2.45, 2.75) is 45.1 Å². The van der Waals surface area contributed by atoms with E-state index in [2.05, 4.69) is 10.6 Å². The van der Waals surface area contributed by atoms with Gasteiger partial charge in [-0.1, -0.05) is 19.8 Å². The van der Waals surface area contributed by atoms with Crippen LogP contribution in [0.5, 0.6) is 0 Å². The Labute approximate surface area is 121 Å². The second kappa shape index (κ2) is 8.92. The van der Waals surface area contributed by atoms with Crippen molar-refractivity contribution < 1.29 is 9.59 Å². The Bertz CT molecular complexity index is 322. The smallest absolute Gasteiger partial charge is 0.321 e. The van der Waals surface area contributed by atoms with Crippen molar-refractivity contribution in [2.75, 3.05) is 26.7 Å². The van der Waals surface area contributed by atoms with E-state index in [1.807, 2.05) is 18.9 Å². The Balaban J connectivity index is 2.38. The van der Waals surface area contributed by atoms with Crippen LogP contribution in [0.1, 0.15) is 39.0 Å². The summed E-state index contributed by atoms with van der Waals surface area (Å²) in [5, 5.41) is 4.98. The average Bonchev–Trinajstić information content (AvgIpc) is 2.44. The molecular formula is C14H28N4O2. The first-order chi connectivity index (χ1) is 9.58. The molecule has 1 rings (SSSR count). The number of likely N-dealkylation sites (N-methyl/N-ethyl adjacent to an activating group) is 1. The number of carbonyl (C=O) groups excluding carboxylic acids is 2. The molecular weight excluding hydrogens is 256 g/mol. The molecule has 0 saturated heterocycles. The van der Waals surface area contributed by atoms with Crippen LogP contribution < -0.4 is 16.4 Å². The lowest BCUT2D eigenvalue weighted by atomic mass is 9.84. The topological polar surface area (TPSA) is 87.5 Å². The Kier molecular flexibility index (Phi) is 7.54. The molecule has 0 aromatic rings. The third-order valence-corrected chi connectivity index (χ3v) is 3.92. The monoisotopic (exact) mass is 284 g/mol. The van der Waals surface area contributed by atoms with E-state index >= 15 is 0 Å². The highest BCUT2D eigenvalue weighted by Crippen LogP contribution is 2.26. The summed E-state index contributed by atoms with van der Waals surface area (Å²) in [6.45, 7) is 3.44. The van der Waals surface area contributed by atoms with Gasteiger partial charge in [-0.2, -0.15) is 0 Å². The zero-order chi connectivity index (χ0) is 15.0. The van der Waals surface area contributed by atoms with E-state index in [0.717, 1.165) is 19.3 Å². The summed E-state index contributed by atoms with van der Waals surface area (Å²) in [7, 11) is 1.93. The third-order valence-electron chi connectivity index (χ3n) is 3.92. The summed E-state index contributed by atoms with van der Waals surface area (Å²) in [5.41, 5.74) is 5.81. The molecule has 4 N–H and O–H groups in total. The standard InChI is InChI=1S/C14H28N4O2/c1-3-8-16-14(20)17-13(19)10-18(2)12-7-5-4-6-11(12)9-15/h11-12H,3-10,15H2,1-2H3,(H2,16,17,19,20). The molecule has 0 aliphatic heterocycles. The van der Waals surface area contributed by atoms with Gasteiger partial charge in [0.2, 0.25) is 5.91 Å². The van der Waals surface area contributed by atoms with Crippen LogP contribution in [0.2, 0.25) is 0 Å². The molecule has 1 fully saturated rings. The lowest BCUT2D eigenvalue weighted by Gasteiger charge is -2.37. The van der Waals surface area contributed by atoms with Gasteiger partial charge in [0.25, 0.3) is 0 Å². The molecule has 0 bridgehead atoms. The van der Waals surface area contributed by atoms with E-state index in [4.69, 9.17) is 5.73 Å². The van der Waals surface area contributed by atoms with Crippen molar-refractivity contribution >= 4 is 11.9 Å². The predicted molar refractivity (Wildman–Crippen MR) is 79.3 cm³/mol. The maximum Gasteiger partial charge on any atom is 0.321 e. The van der Waals surface area contributed by atoms with E-state index in [0.29, 0.717) is 25.0 Å². The molecule has 1 saturated carbocycles. The second-order valence-electron chi connectivity index (χ2n) is 5.57. The number of rotatable bonds is 6. The third kappa shape index (κ3) is 5.46. The fourth-order valence-corrected chi connectivity index (χ4v) is 2.84. The van der Waals surface area contributed by atoms with Crippen molar-refractivity contribution in [3.05, 3.63) is 0 Å². The van der Waals surface area contributed by atoms with Crippen molar-refractivity contribution in [1.82, 2.24) is 15.5 Å². The number of nitrogens with one attached hydrogen (secondary N) is 2. The molecule has 2 unspecified atom stereocenters. The quantitative estimate of drug-likeness (QED) is 0.669. The first kappa shape index (κ1) is 16.9. The van der Waals surface area contributed by atoms with Gasteiger partial charge < -0.3 is 11.1 Å². The van der Waals surface area contributed by atoms with Crippen molar-refractivity contribution in [1.29, 1.82) is 0 Å². The highest BCUT2D eigenvalue weighted by Gasteiger charge is 2.28. The van der Waals surface area contributed by atoms with Gasteiger partial charge in [-0.25, -0.2) is 4.79 Å². The number of nitrogens with zero attached hydrogens (tertiary/aromatic N) is 1. The van der Waals surface area contributed by atoms with Gasteiger partial charge in [0.1, 0.15) is 0 Å². The number of nitrogens with two attached hydrogens (primary N) is 1. The van der Waals surface area contributed by atoms with E-state index in [1.165, 1.54) is 12.8 Å². The predicted octanol–water partition coefficient (Wildman–Crippen LogP) is 0.672. The van der Waals surface area contributed by atoms with Gasteiger partial charge >= 0.3 is 6.03 Å². The molecule has 0 aromatic carbocycles.